The van der Waals surface area contributed by atoms with Crippen LogP contribution >= 0.6 is 0 Å². The van der Waals surface area contributed by atoms with E-state index in [4.69, 9.17) is 4.74 Å². The molecule has 0 aliphatic rings. The Morgan fingerprint density at radius 1 is 1.03 bits per heavy atom. The van der Waals surface area contributed by atoms with Gasteiger partial charge in [0.05, 0.1) is 19.1 Å². The van der Waals surface area contributed by atoms with Gasteiger partial charge in [0, 0.05) is 5.56 Å². The van der Waals surface area contributed by atoms with Gasteiger partial charge in [0.1, 0.15) is 23.3 Å². The Balaban J connectivity index is 1.72. The highest BCUT2D eigenvalue weighted by molar-refractivity contribution is 6.14. The number of nitrogens with one attached hydrogen (secondary N) is 1. The summed E-state index contributed by atoms with van der Waals surface area (Å²) in [6.07, 6.45) is 2.54. The van der Waals surface area contributed by atoms with E-state index in [-0.39, 0.29) is 22.6 Å². The molecule has 2 heterocycles. The van der Waals surface area contributed by atoms with Crippen LogP contribution in [0.4, 0.5) is 5.69 Å². The Hall–Kier alpha value is -4.40. The maximum absolute atomic E-state index is 13.1. The van der Waals surface area contributed by atoms with Crippen LogP contribution in [0.15, 0.2) is 61.2 Å². The summed E-state index contributed by atoms with van der Waals surface area (Å²) in [6.45, 7) is 3.21. The highest BCUT2D eigenvalue weighted by Crippen LogP contribution is 2.27. The molecule has 2 aromatic heterocycles. The highest BCUT2D eigenvalue weighted by atomic mass is 16.5. The van der Waals surface area contributed by atoms with Gasteiger partial charge in [-0.1, -0.05) is 36.4 Å². The maximum Gasteiger partial charge on any atom is 0.255 e. The molecule has 33 heavy (non-hydrogen) atoms. The van der Waals surface area contributed by atoms with Crippen LogP contribution in [-0.2, 0) is 9.59 Å². The second-order valence-electron chi connectivity index (χ2n) is 7.45. The lowest BCUT2D eigenvalue weighted by Gasteiger charge is -2.17. The van der Waals surface area contributed by atoms with E-state index in [1.165, 1.54) is 31.3 Å². The zero-order valence-corrected chi connectivity index (χ0v) is 18.3. The maximum atomic E-state index is 13.1. The topological polar surface area (TPSA) is 116 Å². The van der Waals surface area contributed by atoms with Crippen LogP contribution in [-0.4, -0.2) is 44.1 Å². The minimum atomic E-state index is -1.25. The molecule has 0 saturated carbocycles. The zero-order chi connectivity index (χ0) is 23.5. The second-order valence-corrected chi connectivity index (χ2v) is 7.45. The number of hydrogen-bond acceptors (Lipinski definition) is 7. The fourth-order valence-corrected chi connectivity index (χ4v) is 3.54. The molecular weight excluding hydrogens is 422 g/mol. The second kappa shape index (κ2) is 8.99. The van der Waals surface area contributed by atoms with Crippen LogP contribution in [0.5, 0.6) is 5.75 Å². The molecule has 4 rings (SSSR count). The highest BCUT2D eigenvalue weighted by Gasteiger charge is 2.29. The van der Waals surface area contributed by atoms with Crippen molar-refractivity contribution in [3.63, 3.8) is 0 Å². The van der Waals surface area contributed by atoms with E-state index >= 15 is 0 Å². The predicted molar refractivity (Wildman–Crippen MR) is 121 cm³/mol. The molecule has 0 bridgehead atoms. The van der Waals surface area contributed by atoms with Crippen LogP contribution in [0.25, 0.3) is 11.2 Å². The number of imidazole rings is 1. The molecule has 9 heteroatoms. The average Bonchev–Trinajstić information content (AvgIpc) is 3.24. The van der Waals surface area contributed by atoms with Crippen molar-refractivity contribution in [1.82, 2.24) is 19.5 Å². The quantitative estimate of drug-likeness (QED) is 0.344. The molecule has 1 N–H and O–H groups in total. The van der Waals surface area contributed by atoms with E-state index in [2.05, 4.69) is 20.3 Å². The smallest absolute Gasteiger partial charge is 0.255 e. The summed E-state index contributed by atoms with van der Waals surface area (Å²) >= 11 is 0. The first-order valence-corrected chi connectivity index (χ1v) is 10.1. The summed E-state index contributed by atoms with van der Waals surface area (Å²) in [6, 6.07) is 12.7. The fourth-order valence-electron chi connectivity index (χ4n) is 3.54. The number of aromatic nitrogens is 4. The first-order valence-electron chi connectivity index (χ1n) is 10.1. The molecule has 166 valence electrons. The van der Waals surface area contributed by atoms with Crippen molar-refractivity contribution in [1.29, 1.82) is 0 Å². The van der Waals surface area contributed by atoms with E-state index in [0.717, 1.165) is 5.56 Å². The number of fused-ring (bicyclic) bond motifs is 1. The van der Waals surface area contributed by atoms with Gasteiger partial charge in [-0.3, -0.25) is 19.0 Å². The van der Waals surface area contributed by atoms with Gasteiger partial charge in [-0.25, -0.2) is 15.0 Å². The van der Waals surface area contributed by atoms with Crippen LogP contribution < -0.4 is 10.1 Å². The van der Waals surface area contributed by atoms with E-state index < -0.39 is 17.7 Å². The number of methoxy groups -OCH3 is 1. The van der Waals surface area contributed by atoms with Crippen LogP contribution in [0, 0.1) is 6.92 Å². The molecular formula is C24H21N5O4. The van der Waals surface area contributed by atoms with Crippen molar-refractivity contribution in [3.8, 4) is 5.75 Å². The van der Waals surface area contributed by atoms with Crippen molar-refractivity contribution < 1.29 is 19.1 Å². The van der Waals surface area contributed by atoms with Gasteiger partial charge in [-0.05, 0) is 31.5 Å². The minimum Gasteiger partial charge on any atom is -0.495 e. The summed E-state index contributed by atoms with van der Waals surface area (Å²) < 4.78 is 6.68. The molecule has 1 amide bonds. The summed E-state index contributed by atoms with van der Waals surface area (Å²) in [4.78, 5) is 51.2. The summed E-state index contributed by atoms with van der Waals surface area (Å²) in [5, 5.41) is 2.74. The zero-order valence-electron chi connectivity index (χ0n) is 18.3. The third-order valence-electron chi connectivity index (χ3n) is 5.14. The Bertz CT molecular complexity index is 1360. The van der Waals surface area contributed by atoms with E-state index in [1.54, 1.807) is 42.5 Å². The number of rotatable bonds is 7. The van der Waals surface area contributed by atoms with E-state index in [0.29, 0.717) is 17.0 Å². The molecule has 2 aromatic carbocycles. The van der Waals surface area contributed by atoms with Gasteiger partial charge in [0.25, 0.3) is 5.91 Å². The Morgan fingerprint density at radius 2 is 1.79 bits per heavy atom. The number of Topliss-reactive ketones (excluding diaryl/α,β-unsaturated/α-hetero) is 1. The van der Waals surface area contributed by atoms with Crippen LogP contribution in [0.3, 0.4) is 0 Å². The Morgan fingerprint density at radius 3 is 2.48 bits per heavy atom. The fraction of sp³-hybridized carbons (Fsp3) is 0.167. The number of carbonyl (C=O) groups excluding carboxylic acids is 3. The number of ether oxygens (including phenoxy) is 1. The van der Waals surface area contributed by atoms with Crippen molar-refractivity contribution in [2.75, 3.05) is 12.4 Å². The molecule has 9 nitrogen and oxygen atoms in total. The summed E-state index contributed by atoms with van der Waals surface area (Å²) in [7, 11) is 1.50. The van der Waals surface area contributed by atoms with Crippen molar-refractivity contribution in [2.45, 2.75) is 19.9 Å². The summed E-state index contributed by atoms with van der Waals surface area (Å²) in [5.74, 6) is -0.869. The SMILES string of the molecule is COc1cc(C)ccc1NC(=O)C(C(C)=O)n1cnc2c(C(=O)c3ccccc3)ncnc21. The average molecular weight is 443 g/mol. The standard InChI is InChI=1S/C24H21N5O4/c1-14-9-10-17(18(11-14)33-3)28-24(32)21(15(2)30)29-13-27-20-19(25-12-26-23(20)29)22(31)16-7-5-4-6-8-16/h4-13,21H,1-3H3,(H,28,32). The van der Waals surface area contributed by atoms with E-state index in [9.17, 15) is 14.4 Å². The lowest BCUT2D eigenvalue weighted by molar-refractivity contribution is -0.128. The van der Waals surface area contributed by atoms with Crippen LogP contribution in [0.2, 0.25) is 0 Å². The third-order valence-corrected chi connectivity index (χ3v) is 5.14. The molecule has 0 saturated heterocycles. The number of aryl methyl sites for hydroxylation is 1. The molecule has 0 aliphatic heterocycles. The summed E-state index contributed by atoms with van der Waals surface area (Å²) in [5.41, 5.74) is 2.33. The Labute approximate surface area is 189 Å². The van der Waals surface area contributed by atoms with Gasteiger partial charge in [0.2, 0.25) is 5.78 Å². The molecule has 0 aliphatic carbocycles. The number of anilines is 1. The first kappa shape index (κ1) is 21.8. The van der Waals surface area contributed by atoms with Gasteiger partial charge in [0.15, 0.2) is 17.5 Å². The molecule has 1 unspecified atom stereocenters. The predicted octanol–water partition coefficient (Wildman–Crippen LogP) is 3.14. The third kappa shape index (κ3) is 4.20. The number of nitrogens with zero attached hydrogens (tertiary/aromatic N) is 4. The normalized spacial score (nSPS) is 11.7. The molecule has 0 spiro atoms. The lowest BCUT2D eigenvalue weighted by Crippen LogP contribution is -2.31. The van der Waals surface area contributed by atoms with Crippen molar-refractivity contribution in [3.05, 3.63) is 78.0 Å². The number of amides is 1. The molecule has 0 radical (unpaired) electrons. The van der Waals surface area contributed by atoms with Gasteiger partial charge < -0.3 is 10.1 Å². The monoisotopic (exact) mass is 443 g/mol. The van der Waals surface area contributed by atoms with Crippen LogP contribution in [0.1, 0.15) is 34.6 Å². The molecule has 4 aromatic rings. The molecule has 0 fully saturated rings. The van der Waals surface area contributed by atoms with Gasteiger partial charge in [-0.2, -0.15) is 0 Å². The van der Waals surface area contributed by atoms with Gasteiger partial charge in [-0.15, -0.1) is 0 Å². The van der Waals surface area contributed by atoms with Gasteiger partial charge >= 0.3 is 0 Å². The largest absolute Gasteiger partial charge is 0.495 e. The van der Waals surface area contributed by atoms with Crippen molar-refractivity contribution in [2.24, 2.45) is 0 Å². The lowest BCUT2D eigenvalue weighted by atomic mass is 10.1. The minimum absolute atomic E-state index is 0.0906. The number of benzene rings is 2. The Kier molecular flexibility index (Phi) is 5.95. The first-order chi connectivity index (χ1) is 15.9. The number of ketones is 2. The van der Waals surface area contributed by atoms with Crippen molar-refractivity contribution >= 4 is 34.3 Å². The molecule has 1 atom stereocenters. The number of hydrogen-bond donors (Lipinski definition) is 1. The number of carbonyl (C=O) groups is 3. The van der Waals surface area contributed by atoms with E-state index in [1.807, 2.05) is 13.0 Å².